The third-order valence-corrected chi connectivity index (χ3v) is 2.44. The number of urea groups is 1. The zero-order chi connectivity index (χ0) is 8.97. The summed E-state index contributed by atoms with van der Waals surface area (Å²) in [6, 6.07) is 0.530. The first-order valence-corrected chi connectivity index (χ1v) is 5.44. The summed E-state index contributed by atoms with van der Waals surface area (Å²) in [5.74, 6) is 0. The molecule has 1 saturated carbocycles. The molecule has 1 fully saturated rings. The summed E-state index contributed by atoms with van der Waals surface area (Å²) >= 11 is 3.33. The van der Waals surface area contributed by atoms with E-state index in [1.54, 1.807) is 4.90 Å². The monoisotopic (exact) mass is 234 g/mol. The number of carbonyl (C=O) groups excluding carboxylic acids is 1. The Kier molecular flexibility index (Phi) is 3.85. The Balaban J connectivity index is 2.11. The number of alkyl halides is 1. The van der Waals surface area contributed by atoms with Crippen molar-refractivity contribution in [2.24, 2.45) is 0 Å². The second-order valence-electron chi connectivity index (χ2n) is 3.19. The lowest BCUT2D eigenvalue weighted by molar-refractivity contribution is 0.208. The van der Waals surface area contributed by atoms with Crippen LogP contribution >= 0.6 is 15.9 Å². The zero-order valence-electron chi connectivity index (χ0n) is 7.35. The summed E-state index contributed by atoms with van der Waals surface area (Å²) in [4.78, 5) is 13.0. The molecule has 1 rings (SSSR count). The van der Waals surface area contributed by atoms with Gasteiger partial charge in [-0.05, 0) is 19.3 Å². The van der Waals surface area contributed by atoms with E-state index in [1.165, 1.54) is 0 Å². The van der Waals surface area contributed by atoms with E-state index in [1.807, 2.05) is 7.05 Å². The molecule has 0 bridgehead atoms. The van der Waals surface area contributed by atoms with E-state index in [2.05, 4.69) is 21.2 Å². The van der Waals surface area contributed by atoms with Gasteiger partial charge < -0.3 is 10.2 Å². The van der Waals surface area contributed by atoms with Crippen molar-refractivity contribution >= 4 is 22.0 Å². The summed E-state index contributed by atoms with van der Waals surface area (Å²) in [7, 11) is 1.83. The average Bonchev–Trinajstić information content (AvgIpc) is 2.83. The SMILES string of the molecule is CN(CCCBr)C(=O)NC1CC1. The van der Waals surface area contributed by atoms with Crippen LogP contribution in [0.1, 0.15) is 19.3 Å². The van der Waals surface area contributed by atoms with Gasteiger partial charge in [0.1, 0.15) is 0 Å². The molecule has 1 aliphatic rings. The lowest BCUT2D eigenvalue weighted by Crippen LogP contribution is -2.38. The van der Waals surface area contributed by atoms with Gasteiger partial charge in [0.05, 0.1) is 0 Å². The minimum Gasteiger partial charge on any atom is -0.335 e. The van der Waals surface area contributed by atoms with E-state index in [-0.39, 0.29) is 6.03 Å². The lowest BCUT2D eigenvalue weighted by Gasteiger charge is -2.16. The Morgan fingerprint density at radius 2 is 2.33 bits per heavy atom. The normalized spacial score (nSPS) is 15.8. The van der Waals surface area contributed by atoms with Crippen molar-refractivity contribution < 1.29 is 4.79 Å². The van der Waals surface area contributed by atoms with Gasteiger partial charge in [0.2, 0.25) is 0 Å². The molecule has 0 atom stereocenters. The van der Waals surface area contributed by atoms with Crippen LogP contribution in [0.5, 0.6) is 0 Å². The predicted molar refractivity (Wildman–Crippen MR) is 52.6 cm³/mol. The fourth-order valence-electron chi connectivity index (χ4n) is 0.911. The molecule has 70 valence electrons. The first-order chi connectivity index (χ1) is 5.74. The standard InChI is InChI=1S/C8H15BrN2O/c1-11(6-2-5-9)8(12)10-7-3-4-7/h7H,2-6H2,1H3,(H,10,12). The summed E-state index contributed by atoms with van der Waals surface area (Å²) in [5, 5.41) is 3.89. The molecule has 0 radical (unpaired) electrons. The first-order valence-electron chi connectivity index (χ1n) is 4.31. The highest BCUT2D eigenvalue weighted by atomic mass is 79.9. The Hall–Kier alpha value is -0.250. The molecule has 1 aliphatic carbocycles. The second-order valence-corrected chi connectivity index (χ2v) is 3.98. The van der Waals surface area contributed by atoms with Crippen molar-refractivity contribution in [3.63, 3.8) is 0 Å². The number of nitrogens with one attached hydrogen (secondary N) is 1. The Morgan fingerprint density at radius 1 is 1.67 bits per heavy atom. The third kappa shape index (κ3) is 3.43. The van der Waals surface area contributed by atoms with Crippen LogP contribution < -0.4 is 5.32 Å². The van der Waals surface area contributed by atoms with Gasteiger partial charge >= 0.3 is 6.03 Å². The molecule has 0 aliphatic heterocycles. The minimum absolute atomic E-state index is 0.0680. The van der Waals surface area contributed by atoms with Gasteiger partial charge in [0.25, 0.3) is 0 Å². The van der Waals surface area contributed by atoms with E-state index >= 15 is 0 Å². The molecule has 0 aromatic carbocycles. The number of hydrogen-bond acceptors (Lipinski definition) is 1. The highest BCUT2D eigenvalue weighted by molar-refractivity contribution is 9.09. The fourth-order valence-corrected chi connectivity index (χ4v) is 1.16. The smallest absolute Gasteiger partial charge is 0.317 e. The van der Waals surface area contributed by atoms with Gasteiger partial charge in [-0.3, -0.25) is 0 Å². The number of nitrogens with zero attached hydrogens (tertiary/aromatic N) is 1. The Morgan fingerprint density at radius 3 is 2.83 bits per heavy atom. The van der Waals surface area contributed by atoms with Gasteiger partial charge in [0.15, 0.2) is 0 Å². The summed E-state index contributed by atoms with van der Waals surface area (Å²) in [5.41, 5.74) is 0. The van der Waals surface area contributed by atoms with Gasteiger partial charge in [-0.25, -0.2) is 4.79 Å². The maximum absolute atomic E-state index is 11.3. The molecule has 1 N–H and O–H groups in total. The van der Waals surface area contributed by atoms with Gasteiger partial charge in [-0.2, -0.15) is 0 Å². The molecule has 3 nitrogen and oxygen atoms in total. The molecule has 2 amide bonds. The Bertz CT molecular complexity index is 159. The zero-order valence-corrected chi connectivity index (χ0v) is 8.93. The van der Waals surface area contributed by atoms with Crippen molar-refractivity contribution in [2.45, 2.75) is 25.3 Å². The molecule has 0 spiro atoms. The number of hydrogen-bond donors (Lipinski definition) is 1. The Labute approximate surface area is 81.6 Å². The molecule has 0 saturated heterocycles. The molecule has 0 heterocycles. The quantitative estimate of drug-likeness (QED) is 0.737. The number of rotatable bonds is 4. The van der Waals surface area contributed by atoms with Crippen molar-refractivity contribution in [1.82, 2.24) is 10.2 Å². The minimum atomic E-state index is 0.0680. The second kappa shape index (κ2) is 4.70. The first kappa shape index (κ1) is 9.84. The van der Waals surface area contributed by atoms with Crippen LogP contribution in [-0.2, 0) is 0 Å². The highest BCUT2D eigenvalue weighted by Gasteiger charge is 2.24. The maximum atomic E-state index is 11.3. The van der Waals surface area contributed by atoms with Crippen molar-refractivity contribution in [3.8, 4) is 0 Å². The van der Waals surface area contributed by atoms with Crippen LogP contribution in [0.4, 0.5) is 4.79 Å². The lowest BCUT2D eigenvalue weighted by atomic mass is 10.4. The predicted octanol–water partition coefficient (Wildman–Crippen LogP) is 1.58. The van der Waals surface area contributed by atoms with Gasteiger partial charge in [-0.1, -0.05) is 15.9 Å². The van der Waals surface area contributed by atoms with Crippen LogP contribution in [0.15, 0.2) is 0 Å². The van der Waals surface area contributed by atoms with Crippen LogP contribution in [0.2, 0.25) is 0 Å². The van der Waals surface area contributed by atoms with E-state index in [0.717, 1.165) is 31.1 Å². The number of amides is 2. The molecular weight excluding hydrogens is 220 g/mol. The van der Waals surface area contributed by atoms with E-state index < -0.39 is 0 Å². The largest absolute Gasteiger partial charge is 0.335 e. The summed E-state index contributed by atoms with van der Waals surface area (Å²) in [6.45, 7) is 0.823. The summed E-state index contributed by atoms with van der Waals surface area (Å²) in [6.07, 6.45) is 3.31. The van der Waals surface area contributed by atoms with E-state index in [4.69, 9.17) is 0 Å². The molecule has 0 unspecified atom stereocenters. The highest BCUT2D eigenvalue weighted by Crippen LogP contribution is 2.18. The van der Waals surface area contributed by atoms with Crippen molar-refractivity contribution in [2.75, 3.05) is 18.9 Å². The number of carbonyl (C=O) groups is 1. The van der Waals surface area contributed by atoms with Crippen LogP contribution in [0.3, 0.4) is 0 Å². The molecule has 12 heavy (non-hydrogen) atoms. The average molecular weight is 235 g/mol. The van der Waals surface area contributed by atoms with Crippen LogP contribution in [0.25, 0.3) is 0 Å². The van der Waals surface area contributed by atoms with Gasteiger partial charge in [-0.15, -0.1) is 0 Å². The fraction of sp³-hybridized carbons (Fsp3) is 0.875. The molecular formula is C8H15BrN2O. The third-order valence-electron chi connectivity index (χ3n) is 1.88. The summed E-state index contributed by atoms with van der Waals surface area (Å²) < 4.78 is 0. The van der Waals surface area contributed by atoms with Crippen molar-refractivity contribution in [1.29, 1.82) is 0 Å². The van der Waals surface area contributed by atoms with E-state index in [0.29, 0.717) is 6.04 Å². The van der Waals surface area contributed by atoms with Gasteiger partial charge in [0, 0.05) is 25.0 Å². The molecule has 0 aromatic heterocycles. The topological polar surface area (TPSA) is 32.3 Å². The molecule has 4 heteroatoms. The van der Waals surface area contributed by atoms with Crippen LogP contribution in [-0.4, -0.2) is 35.9 Å². The van der Waals surface area contributed by atoms with Crippen LogP contribution in [0, 0.1) is 0 Å². The maximum Gasteiger partial charge on any atom is 0.317 e. The number of halogens is 1. The van der Waals surface area contributed by atoms with Crippen molar-refractivity contribution in [3.05, 3.63) is 0 Å². The van der Waals surface area contributed by atoms with E-state index in [9.17, 15) is 4.79 Å². The molecule has 0 aromatic rings.